The molecule has 1 aromatic carbocycles. The number of nitrogens with one attached hydrogen (secondary N) is 1. The molecule has 2 aliphatic rings. The minimum Gasteiger partial charge on any atom is -0.381 e. The number of ether oxygens (including phenoxy) is 1. The lowest BCUT2D eigenvalue weighted by molar-refractivity contribution is -0.122. The van der Waals surface area contributed by atoms with Gasteiger partial charge in [0.25, 0.3) is 5.91 Å². The Labute approximate surface area is 151 Å². The van der Waals surface area contributed by atoms with Crippen LogP contribution in [0.25, 0.3) is 0 Å². The van der Waals surface area contributed by atoms with Crippen LogP contribution in [0.1, 0.15) is 16.8 Å². The predicted octanol–water partition coefficient (Wildman–Crippen LogP) is 0.875. The zero-order valence-electron chi connectivity index (χ0n) is 14.5. The fourth-order valence-corrected chi connectivity index (χ4v) is 3.23. The first-order valence-corrected chi connectivity index (χ1v) is 8.84. The minimum absolute atomic E-state index is 0.0585. The topological polar surface area (TPSA) is 61.9 Å². The average molecular weight is 367 g/mol. The van der Waals surface area contributed by atoms with E-state index in [1.807, 2.05) is 4.90 Å². The van der Waals surface area contributed by atoms with Crippen LogP contribution in [0.2, 0.25) is 0 Å². The summed E-state index contributed by atoms with van der Waals surface area (Å²) >= 11 is 0. The molecule has 2 aliphatic heterocycles. The molecular formula is C18H23F2N3O3. The van der Waals surface area contributed by atoms with E-state index in [0.717, 1.165) is 25.2 Å². The van der Waals surface area contributed by atoms with E-state index in [9.17, 15) is 18.4 Å². The number of rotatable bonds is 5. The van der Waals surface area contributed by atoms with Gasteiger partial charge in [-0.2, -0.15) is 0 Å². The van der Waals surface area contributed by atoms with Crippen LogP contribution in [0.3, 0.4) is 0 Å². The molecule has 1 N–H and O–H groups in total. The van der Waals surface area contributed by atoms with Crippen LogP contribution in [0.4, 0.5) is 8.78 Å². The highest BCUT2D eigenvalue weighted by atomic mass is 19.1. The molecule has 0 spiro atoms. The van der Waals surface area contributed by atoms with Gasteiger partial charge in [-0.25, -0.2) is 8.78 Å². The fourth-order valence-electron chi connectivity index (χ4n) is 3.23. The van der Waals surface area contributed by atoms with E-state index in [4.69, 9.17) is 4.74 Å². The Balaban J connectivity index is 1.45. The highest BCUT2D eigenvalue weighted by Gasteiger charge is 2.27. The van der Waals surface area contributed by atoms with Crippen molar-refractivity contribution >= 4 is 11.8 Å². The van der Waals surface area contributed by atoms with Crippen LogP contribution in [-0.2, 0) is 9.53 Å². The molecule has 2 heterocycles. The van der Waals surface area contributed by atoms with Gasteiger partial charge in [0.15, 0.2) is 0 Å². The van der Waals surface area contributed by atoms with Gasteiger partial charge in [-0.05, 0) is 18.6 Å². The van der Waals surface area contributed by atoms with Gasteiger partial charge < -0.3 is 15.0 Å². The summed E-state index contributed by atoms with van der Waals surface area (Å²) in [5, 5.41) is 2.91. The molecule has 8 heteroatoms. The molecule has 3 rings (SSSR count). The van der Waals surface area contributed by atoms with Gasteiger partial charge >= 0.3 is 0 Å². The van der Waals surface area contributed by atoms with Gasteiger partial charge in [0.05, 0.1) is 13.2 Å². The third kappa shape index (κ3) is 4.56. The number of piperazine rings is 1. The van der Waals surface area contributed by atoms with Crippen LogP contribution < -0.4 is 5.32 Å². The summed E-state index contributed by atoms with van der Waals surface area (Å²) < 4.78 is 32.8. The standard InChI is InChI=1S/C18H23F2N3O3/c19-14-2-1-3-15(20)17(14)18(25)23-7-5-22(6-8-23)11-16(24)21-10-13-4-9-26-12-13/h1-3,13H,4-12H2,(H,21,24). The van der Waals surface area contributed by atoms with Crippen molar-refractivity contribution in [2.75, 3.05) is 52.5 Å². The van der Waals surface area contributed by atoms with E-state index in [1.165, 1.54) is 11.0 Å². The third-order valence-electron chi connectivity index (χ3n) is 4.82. The molecule has 2 amide bonds. The lowest BCUT2D eigenvalue weighted by atomic mass is 10.1. The first-order valence-electron chi connectivity index (χ1n) is 8.84. The molecule has 142 valence electrons. The number of hydrogen-bond acceptors (Lipinski definition) is 4. The van der Waals surface area contributed by atoms with E-state index in [-0.39, 0.29) is 12.5 Å². The van der Waals surface area contributed by atoms with Crippen molar-refractivity contribution in [2.45, 2.75) is 6.42 Å². The normalized spacial score (nSPS) is 21.0. The van der Waals surface area contributed by atoms with Crippen LogP contribution in [0.15, 0.2) is 18.2 Å². The average Bonchev–Trinajstić information content (AvgIpc) is 3.14. The van der Waals surface area contributed by atoms with Crippen LogP contribution in [-0.4, -0.2) is 74.1 Å². The van der Waals surface area contributed by atoms with Crippen molar-refractivity contribution in [3.05, 3.63) is 35.4 Å². The van der Waals surface area contributed by atoms with Crippen LogP contribution in [0.5, 0.6) is 0 Å². The molecule has 6 nitrogen and oxygen atoms in total. The van der Waals surface area contributed by atoms with E-state index in [2.05, 4.69) is 5.32 Å². The number of nitrogens with zero attached hydrogens (tertiary/aromatic N) is 2. The second kappa shape index (κ2) is 8.55. The Morgan fingerprint density at radius 2 is 1.85 bits per heavy atom. The number of benzene rings is 1. The van der Waals surface area contributed by atoms with E-state index >= 15 is 0 Å². The van der Waals surface area contributed by atoms with Crippen LogP contribution >= 0.6 is 0 Å². The lowest BCUT2D eigenvalue weighted by Crippen LogP contribution is -2.51. The molecule has 0 bridgehead atoms. The van der Waals surface area contributed by atoms with Gasteiger partial charge in [-0.3, -0.25) is 14.5 Å². The molecular weight excluding hydrogens is 344 g/mol. The Hall–Kier alpha value is -2.06. The quantitative estimate of drug-likeness (QED) is 0.839. The summed E-state index contributed by atoms with van der Waals surface area (Å²) in [6, 6.07) is 3.38. The van der Waals surface area contributed by atoms with Crippen molar-refractivity contribution in [1.29, 1.82) is 0 Å². The minimum atomic E-state index is -0.854. The van der Waals surface area contributed by atoms with Gasteiger partial charge in [-0.1, -0.05) is 6.07 Å². The van der Waals surface area contributed by atoms with Crippen molar-refractivity contribution in [1.82, 2.24) is 15.1 Å². The molecule has 1 atom stereocenters. The highest BCUT2D eigenvalue weighted by Crippen LogP contribution is 2.16. The third-order valence-corrected chi connectivity index (χ3v) is 4.82. The summed E-state index contributed by atoms with van der Waals surface area (Å²) in [4.78, 5) is 27.7. The molecule has 2 fully saturated rings. The Kier molecular flexibility index (Phi) is 6.16. The van der Waals surface area contributed by atoms with Gasteiger partial charge in [-0.15, -0.1) is 0 Å². The smallest absolute Gasteiger partial charge is 0.259 e. The number of carbonyl (C=O) groups excluding carboxylic acids is 2. The Morgan fingerprint density at radius 3 is 2.46 bits per heavy atom. The second-order valence-electron chi connectivity index (χ2n) is 6.70. The van der Waals surface area contributed by atoms with Crippen molar-refractivity contribution in [3.8, 4) is 0 Å². The monoisotopic (exact) mass is 367 g/mol. The Bertz CT molecular complexity index is 637. The first-order chi connectivity index (χ1) is 12.5. The first kappa shape index (κ1) is 18.7. The molecule has 0 aliphatic carbocycles. The molecule has 2 saturated heterocycles. The lowest BCUT2D eigenvalue weighted by Gasteiger charge is -2.34. The summed E-state index contributed by atoms with van der Waals surface area (Å²) in [5.41, 5.74) is -0.516. The number of hydrogen-bond donors (Lipinski definition) is 1. The summed E-state index contributed by atoms with van der Waals surface area (Å²) in [6.07, 6.45) is 0.966. The second-order valence-corrected chi connectivity index (χ2v) is 6.70. The van der Waals surface area contributed by atoms with E-state index in [0.29, 0.717) is 45.2 Å². The number of carbonyl (C=O) groups is 2. The van der Waals surface area contributed by atoms with Gasteiger partial charge in [0, 0.05) is 45.2 Å². The predicted molar refractivity (Wildman–Crippen MR) is 90.6 cm³/mol. The number of amides is 2. The van der Waals surface area contributed by atoms with E-state index in [1.54, 1.807) is 0 Å². The van der Waals surface area contributed by atoms with Gasteiger partial charge in [0.1, 0.15) is 17.2 Å². The maximum atomic E-state index is 13.8. The maximum Gasteiger partial charge on any atom is 0.259 e. The number of halogens is 2. The van der Waals surface area contributed by atoms with Crippen molar-refractivity contribution in [3.63, 3.8) is 0 Å². The molecule has 1 aromatic rings. The zero-order valence-corrected chi connectivity index (χ0v) is 14.5. The van der Waals surface area contributed by atoms with Gasteiger partial charge in [0.2, 0.25) is 5.91 Å². The largest absolute Gasteiger partial charge is 0.381 e. The summed E-state index contributed by atoms with van der Waals surface area (Å²) in [5.74, 6) is -2.03. The molecule has 26 heavy (non-hydrogen) atoms. The highest BCUT2D eigenvalue weighted by molar-refractivity contribution is 5.94. The summed E-state index contributed by atoms with van der Waals surface area (Å²) in [7, 11) is 0. The molecule has 0 aromatic heterocycles. The maximum absolute atomic E-state index is 13.8. The molecule has 0 radical (unpaired) electrons. The van der Waals surface area contributed by atoms with Crippen LogP contribution in [0, 0.1) is 17.6 Å². The van der Waals surface area contributed by atoms with Crippen molar-refractivity contribution in [2.24, 2.45) is 5.92 Å². The summed E-state index contributed by atoms with van der Waals surface area (Å²) in [6.45, 7) is 3.94. The van der Waals surface area contributed by atoms with Crippen molar-refractivity contribution < 1.29 is 23.1 Å². The molecule has 0 saturated carbocycles. The van der Waals surface area contributed by atoms with E-state index < -0.39 is 23.1 Å². The Morgan fingerprint density at radius 1 is 1.15 bits per heavy atom. The zero-order chi connectivity index (χ0) is 18.5. The SMILES string of the molecule is O=C(CN1CCN(C(=O)c2c(F)cccc2F)CC1)NCC1CCOC1. The fraction of sp³-hybridized carbons (Fsp3) is 0.556. The molecule has 1 unspecified atom stereocenters.